The molecule has 0 aromatic carbocycles. The van der Waals surface area contributed by atoms with Crippen LogP contribution in [0.2, 0.25) is 0 Å². The topological polar surface area (TPSA) is 0 Å². The molecule has 12 heavy (non-hydrogen) atoms. The second-order valence-electron chi connectivity index (χ2n) is 3.64. The van der Waals surface area contributed by atoms with E-state index in [1.54, 1.807) is 0 Å². The predicted octanol–water partition coefficient (Wildman–Crippen LogP) is 4.04. The van der Waals surface area contributed by atoms with Crippen molar-refractivity contribution in [1.82, 2.24) is 0 Å². The van der Waals surface area contributed by atoms with Gasteiger partial charge in [-0.25, -0.2) is 0 Å². The van der Waals surface area contributed by atoms with Crippen molar-refractivity contribution >= 4 is 0 Å². The first-order valence-corrected chi connectivity index (χ1v) is 4.95. The Morgan fingerprint density at radius 3 is 2.25 bits per heavy atom. The maximum Gasteiger partial charge on any atom is -0.0320 e. The summed E-state index contributed by atoms with van der Waals surface area (Å²) in [6.07, 6.45) is 8.82. The first kappa shape index (κ1) is 11.7. The molecule has 0 aliphatic carbocycles. The smallest absolute Gasteiger partial charge is 0.0320 e. The molecule has 0 bridgehead atoms. The molecule has 0 aliphatic rings. The highest BCUT2D eigenvalue weighted by Gasteiger charge is 2.09. The Morgan fingerprint density at radius 1 is 1.17 bits per heavy atom. The summed E-state index contributed by atoms with van der Waals surface area (Å²) >= 11 is 0. The minimum Gasteiger partial charge on any atom is -0.0885 e. The summed E-state index contributed by atoms with van der Waals surface area (Å²) in [7, 11) is 0. The summed E-state index contributed by atoms with van der Waals surface area (Å²) < 4.78 is 0. The largest absolute Gasteiger partial charge is 0.0885 e. The number of hydrogen-bond acceptors (Lipinski definition) is 0. The standard InChI is InChI=1S/C12H22/c1-5-7-8-10-12(9-6-2)11(3)4/h7-8,11-12H,1-2,5-6,9-10H2,3-4H3. The maximum absolute atomic E-state index is 3.90. The Bertz CT molecular complexity index is 111. The van der Waals surface area contributed by atoms with Crippen molar-refractivity contribution < 1.29 is 0 Å². The zero-order chi connectivity index (χ0) is 9.40. The third-order valence-corrected chi connectivity index (χ3v) is 2.29. The fraction of sp³-hybridized carbons (Fsp3) is 0.667. The van der Waals surface area contributed by atoms with E-state index in [1.807, 2.05) is 0 Å². The van der Waals surface area contributed by atoms with Crippen LogP contribution in [-0.2, 0) is 0 Å². The highest BCUT2D eigenvalue weighted by molar-refractivity contribution is 4.85. The molecular formula is C12H22. The molecule has 0 spiro atoms. The second kappa shape index (κ2) is 7.39. The van der Waals surface area contributed by atoms with E-state index in [1.165, 1.54) is 12.8 Å². The molecule has 1 atom stereocenters. The van der Waals surface area contributed by atoms with Crippen LogP contribution in [0.1, 0.15) is 39.5 Å². The van der Waals surface area contributed by atoms with E-state index >= 15 is 0 Å². The minimum absolute atomic E-state index is 0.779. The van der Waals surface area contributed by atoms with Gasteiger partial charge in [-0.1, -0.05) is 39.3 Å². The molecular weight excluding hydrogens is 144 g/mol. The molecule has 0 saturated heterocycles. The lowest BCUT2D eigenvalue weighted by Crippen LogP contribution is -2.06. The normalized spacial score (nSPS) is 14.4. The van der Waals surface area contributed by atoms with Gasteiger partial charge in [0.05, 0.1) is 0 Å². The van der Waals surface area contributed by atoms with Gasteiger partial charge in [0.15, 0.2) is 0 Å². The van der Waals surface area contributed by atoms with Gasteiger partial charge in [-0.05, 0) is 38.0 Å². The summed E-state index contributed by atoms with van der Waals surface area (Å²) in [5.41, 5.74) is 0. The lowest BCUT2D eigenvalue weighted by Gasteiger charge is -2.17. The average molecular weight is 166 g/mol. The van der Waals surface area contributed by atoms with Gasteiger partial charge in [-0.3, -0.25) is 0 Å². The van der Waals surface area contributed by atoms with Gasteiger partial charge in [0.1, 0.15) is 0 Å². The van der Waals surface area contributed by atoms with Crippen LogP contribution in [0.3, 0.4) is 0 Å². The van der Waals surface area contributed by atoms with E-state index < -0.39 is 0 Å². The van der Waals surface area contributed by atoms with E-state index in [9.17, 15) is 0 Å². The van der Waals surface area contributed by atoms with Gasteiger partial charge < -0.3 is 0 Å². The minimum atomic E-state index is 0.779. The van der Waals surface area contributed by atoms with Crippen molar-refractivity contribution in [2.24, 2.45) is 11.8 Å². The second-order valence-corrected chi connectivity index (χ2v) is 3.64. The molecule has 0 amide bonds. The maximum atomic E-state index is 3.90. The van der Waals surface area contributed by atoms with Gasteiger partial charge >= 0.3 is 0 Å². The lowest BCUT2D eigenvalue weighted by atomic mass is 9.88. The molecule has 0 heterocycles. The number of allylic oxidation sites excluding steroid dienone is 2. The fourth-order valence-electron chi connectivity index (χ4n) is 1.37. The third kappa shape index (κ3) is 5.40. The zero-order valence-electron chi connectivity index (χ0n) is 8.55. The summed E-state index contributed by atoms with van der Waals surface area (Å²) in [5, 5.41) is 0. The molecule has 0 aromatic rings. The van der Waals surface area contributed by atoms with Crippen molar-refractivity contribution in [1.29, 1.82) is 0 Å². The third-order valence-electron chi connectivity index (χ3n) is 2.29. The molecule has 0 saturated carbocycles. The van der Waals surface area contributed by atoms with Crippen LogP contribution in [0.5, 0.6) is 0 Å². The summed E-state index contributed by atoms with van der Waals surface area (Å²) in [5.74, 6) is 1.59. The van der Waals surface area contributed by atoms with Crippen molar-refractivity contribution in [2.75, 3.05) is 0 Å². The molecule has 0 aromatic heterocycles. The van der Waals surface area contributed by atoms with Crippen molar-refractivity contribution in [3.8, 4) is 0 Å². The molecule has 0 aliphatic heterocycles. The molecule has 1 unspecified atom stereocenters. The highest BCUT2D eigenvalue weighted by atomic mass is 14.1. The van der Waals surface area contributed by atoms with E-state index in [2.05, 4.69) is 39.8 Å². The fourth-order valence-corrected chi connectivity index (χ4v) is 1.37. The molecule has 2 radical (unpaired) electrons. The van der Waals surface area contributed by atoms with Gasteiger partial charge in [0.2, 0.25) is 0 Å². The van der Waals surface area contributed by atoms with Crippen LogP contribution in [0.25, 0.3) is 0 Å². The Morgan fingerprint density at radius 2 is 1.83 bits per heavy atom. The van der Waals surface area contributed by atoms with Gasteiger partial charge in [-0.15, -0.1) is 0 Å². The van der Waals surface area contributed by atoms with Crippen molar-refractivity contribution in [3.63, 3.8) is 0 Å². The summed E-state index contributed by atoms with van der Waals surface area (Å²) in [6.45, 7) is 12.3. The summed E-state index contributed by atoms with van der Waals surface area (Å²) in [4.78, 5) is 0. The number of hydrogen-bond donors (Lipinski definition) is 0. The first-order chi connectivity index (χ1) is 5.72. The van der Waals surface area contributed by atoms with Crippen LogP contribution in [0, 0.1) is 25.7 Å². The van der Waals surface area contributed by atoms with E-state index in [0.717, 1.165) is 24.7 Å². The van der Waals surface area contributed by atoms with E-state index in [-0.39, 0.29) is 0 Å². The molecule has 0 fully saturated rings. The van der Waals surface area contributed by atoms with Gasteiger partial charge in [0, 0.05) is 0 Å². The van der Waals surface area contributed by atoms with Gasteiger partial charge in [0.25, 0.3) is 0 Å². The Kier molecular flexibility index (Phi) is 7.23. The van der Waals surface area contributed by atoms with Gasteiger partial charge in [-0.2, -0.15) is 0 Å². The Hall–Kier alpha value is -0.260. The Balaban J connectivity index is 3.70. The van der Waals surface area contributed by atoms with Crippen molar-refractivity contribution in [3.05, 3.63) is 26.0 Å². The average Bonchev–Trinajstić information content (AvgIpc) is 2.03. The van der Waals surface area contributed by atoms with Crippen LogP contribution < -0.4 is 0 Å². The zero-order valence-corrected chi connectivity index (χ0v) is 8.55. The monoisotopic (exact) mass is 166 g/mol. The number of rotatable bonds is 6. The van der Waals surface area contributed by atoms with Crippen LogP contribution in [0.15, 0.2) is 12.2 Å². The summed E-state index contributed by atoms with van der Waals surface area (Å²) in [6, 6.07) is 0. The van der Waals surface area contributed by atoms with Crippen LogP contribution in [-0.4, -0.2) is 0 Å². The quantitative estimate of drug-likeness (QED) is 0.522. The van der Waals surface area contributed by atoms with Crippen LogP contribution >= 0.6 is 0 Å². The molecule has 0 N–H and O–H groups in total. The molecule has 0 nitrogen and oxygen atoms in total. The van der Waals surface area contributed by atoms with E-state index in [0.29, 0.717) is 0 Å². The molecule has 0 rings (SSSR count). The van der Waals surface area contributed by atoms with Crippen LogP contribution in [0.4, 0.5) is 0 Å². The van der Waals surface area contributed by atoms with E-state index in [4.69, 9.17) is 0 Å². The molecule has 70 valence electrons. The Labute approximate surface area is 78.1 Å². The SMILES string of the molecule is [CH2]CC=CCC(CC[CH2])C(C)C. The first-order valence-electron chi connectivity index (χ1n) is 4.95. The van der Waals surface area contributed by atoms with Crippen molar-refractivity contribution in [2.45, 2.75) is 39.5 Å². The lowest BCUT2D eigenvalue weighted by molar-refractivity contribution is 0.365. The molecule has 0 heteroatoms. The predicted molar refractivity (Wildman–Crippen MR) is 56.7 cm³/mol. The highest BCUT2D eigenvalue weighted by Crippen LogP contribution is 2.21.